The topological polar surface area (TPSA) is 140 Å². The number of carbonyl (C=O) groups is 1. The van der Waals surface area contributed by atoms with Crippen LogP contribution in [0.25, 0.3) is 0 Å². The summed E-state index contributed by atoms with van der Waals surface area (Å²) >= 11 is 0. The number of hydrogen-bond acceptors (Lipinski definition) is 7. The Morgan fingerprint density at radius 1 is 0.804 bits per heavy atom. The molecule has 0 saturated heterocycles. The highest BCUT2D eigenvalue weighted by atomic mass is 35.7. The van der Waals surface area contributed by atoms with Crippen LogP contribution in [0.2, 0.25) is 0 Å². The number of anilines is 3. The highest BCUT2D eigenvalue weighted by Gasteiger charge is 2.44. The molecule has 0 radical (unpaired) electrons. The molecular formula is C41H45ClN4O5. The average Bonchev–Trinajstić information content (AvgIpc) is 3.41. The summed E-state index contributed by atoms with van der Waals surface area (Å²) in [7, 11) is -4.94. The first-order valence-electron chi connectivity index (χ1n) is 17.4. The van der Waals surface area contributed by atoms with Gasteiger partial charge in [-0.25, -0.2) is 18.6 Å². The number of benzene rings is 3. The fourth-order valence-corrected chi connectivity index (χ4v) is 8.01. The van der Waals surface area contributed by atoms with Crippen LogP contribution in [0, 0.1) is 16.2 Å². The van der Waals surface area contributed by atoms with Crippen LogP contribution in [-0.2, 0) is 15.6 Å². The van der Waals surface area contributed by atoms with Crippen molar-refractivity contribution in [1.29, 1.82) is 0 Å². The molecule has 1 amide bonds. The molecule has 0 spiro atoms. The highest BCUT2D eigenvalue weighted by Crippen LogP contribution is 2.48. The van der Waals surface area contributed by atoms with Crippen LogP contribution in [0.3, 0.4) is 0 Å². The molecule has 0 saturated carbocycles. The summed E-state index contributed by atoms with van der Waals surface area (Å²) in [4.78, 5) is 16.2. The normalized spacial score (nSPS) is 21.8. The number of amides is 1. The van der Waals surface area contributed by atoms with Gasteiger partial charge >= 0.3 is 0 Å². The zero-order valence-electron chi connectivity index (χ0n) is 30.0. The Kier molecular flexibility index (Phi) is 9.89. The lowest BCUT2D eigenvalue weighted by atomic mass is 9.79. The van der Waals surface area contributed by atoms with E-state index < -0.39 is 10.2 Å². The first kappa shape index (κ1) is 36.3. The van der Waals surface area contributed by atoms with Crippen molar-refractivity contribution >= 4 is 34.4 Å². The van der Waals surface area contributed by atoms with Gasteiger partial charge in [0.1, 0.15) is 6.54 Å². The second-order valence-corrected chi connectivity index (χ2v) is 15.1. The van der Waals surface area contributed by atoms with Gasteiger partial charge in [-0.2, -0.15) is 4.58 Å². The fourth-order valence-electron chi connectivity index (χ4n) is 8.01. The van der Waals surface area contributed by atoms with Crippen molar-refractivity contribution in [3.63, 3.8) is 0 Å². The molecule has 2 N–H and O–H groups in total. The first-order valence-corrected chi connectivity index (χ1v) is 18.6. The van der Waals surface area contributed by atoms with Gasteiger partial charge in [0.25, 0.3) is 0 Å². The number of allylic oxidation sites excluding steroid dienone is 7. The third kappa shape index (κ3) is 7.18. The van der Waals surface area contributed by atoms with Crippen LogP contribution in [0.5, 0.6) is 0 Å². The molecule has 1 unspecified atom stereocenters. The van der Waals surface area contributed by atoms with Gasteiger partial charge in [0.05, 0.1) is 5.41 Å². The maximum atomic E-state index is 13.8. The van der Waals surface area contributed by atoms with Crippen LogP contribution in [0.1, 0.15) is 65.5 Å². The number of halogens is 1. The summed E-state index contributed by atoms with van der Waals surface area (Å²) in [6.07, 6.45) is 10.5. The van der Waals surface area contributed by atoms with Crippen molar-refractivity contribution in [2.45, 2.75) is 65.2 Å². The third-order valence-electron chi connectivity index (χ3n) is 10.5. The molecule has 10 heteroatoms. The number of fused-ring (bicyclic) bond motifs is 2. The van der Waals surface area contributed by atoms with Crippen LogP contribution in [0.4, 0.5) is 22.7 Å². The molecule has 3 aromatic carbocycles. The van der Waals surface area contributed by atoms with Crippen molar-refractivity contribution in [1.82, 2.24) is 0 Å². The Bertz CT molecular complexity index is 1990. The van der Waals surface area contributed by atoms with Crippen molar-refractivity contribution in [2.24, 2.45) is 5.92 Å². The van der Waals surface area contributed by atoms with Gasteiger partial charge in [-0.15, -0.1) is 10.2 Å². The van der Waals surface area contributed by atoms with E-state index >= 15 is 0 Å². The third-order valence-corrected chi connectivity index (χ3v) is 10.5. The van der Waals surface area contributed by atoms with E-state index in [9.17, 15) is 4.79 Å². The molecule has 266 valence electrons. The van der Waals surface area contributed by atoms with E-state index in [2.05, 4.69) is 147 Å². The number of nitrogens with one attached hydrogen (secondary N) is 2. The zero-order chi connectivity index (χ0) is 36.7. The Morgan fingerprint density at radius 3 is 2.06 bits per heavy atom. The molecule has 51 heavy (non-hydrogen) atoms. The van der Waals surface area contributed by atoms with Gasteiger partial charge < -0.3 is 15.5 Å². The summed E-state index contributed by atoms with van der Waals surface area (Å²) in [5.74, 6) is -0.109. The molecule has 9 nitrogen and oxygen atoms in total. The summed E-state index contributed by atoms with van der Waals surface area (Å²) in [5.41, 5.74) is 12.8. The second-order valence-electron chi connectivity index (χ2n) is 14.3. The van der Waals surface area contributed by atoms with Crippen molar-refractivity contribution in [2.75, 3.05) is 28.6 Å². The van der Waals surface area contributed by atoms with Gasteiger partial charge in [0.15, 0.2) is 5.71 Å². The van der Waals surface area contributed by atoms with E-state index in [4.69, 9.17) is 18.6 Å². The van der Waals surface area contributed by atoms with Crippen molar-refractivity contribution < 1.29 is 38.2 Å². The molecule has 4 bridgehead atoms. The quantitative estimate of drug-likeness (QED) is 0.378. The van der Waals surface area contributed by atoms with Gasteiger partial charge in [0.2, 0.25) is 11.6 Å². The summed E-state index contributed by atoms with van der Waals surface area (Å²) in [6, 6.07) is 25.6. The van der Waals surface area contributed by atoms with Crippen molar-refractivity contribution in [3.8, 4) is 0 Å². The molecule has 6 aliphatic heterocycles. The van der Waals surface area contributed by atoms with E-state index in [-0.39, 0.29) is 22.7 Å². The van der Waals surface area contributed by atoms with E-state index in [1.807, 2.05) is 12.1 Å². The van der Waals surface area contributed by atoms with Gasteiger partial charge in [-0.1, -0.05) is 62.4 Å². The number of carbonyl (C=O) groups excluding carboxylic acids is 1. The Morgan fingerprint density at radius 2 is 1.41 bits per heavy atom. The molecule has 10 rings (SSSR count). The van der Waals surface area contributed by atoms with Gasteiger partial charge in [-0.3, -0.25) is 4.79 Å². The molecule has 0 aromatic heterocycles. The van der Waals surface area contributed by atoms with E-state index in [0.29, 0.717) is 12.8 Å². The van der Waals surface area contributed by atoms with E-state index in [1.54, 1.807) is 0 Å². The maximum Gasteiger partial charge on any atom is 0.228 e. The molecule has 3 aromatic rings. The first-order chi connectivity index (χ1) is 24.1. The van der Waals surface area contributed by atoms with Crippen LogP contribution in [-0.4, -0.2) is 29.3 Å². The number of hydrogen-bond donors (Lipinski definition) is 2. The van der Waals surface area contributed by atoms with Crippen LogP contribution in [0.15, 0.2) is 120 Å². The lowest BCUT2D eigenvalue weighted by Gasteiger charge is -2.29. The average molecular weight is 709 g/mol. The molecular weight excluding hydrogens is 664 g/mol. The predicted molar refractivity (Wildman–Crippen MR) is 191 cm³/mol. The second kappa shape index (κ2) is 13.9. The van der Waals surface area contributed by atoms with E-state index in [1.165, 1.54) is 33.9 Å². The van der Waals surface area contributed by atoms with E-state index in [0.717, 1.165) is 41.3 Å². The summed E-state index contributed by atoms with van der Waals surface area (Å²) in [6.45, 7) is 15.5. The minimum Gasteiger partial charge on any atom is -0.355 e. The standard InChI is InChI=1S/C41H44N4O.ClHO4/c1-7-44-34-15-11-9-13-32(34)40(3,4)36(44)23-17-27-25-29-26-28(38(27)42-30-19-21-31(22-20-30)43-39(29)46)18-24-37-41(5,6)33-14-10-12-16-35(33)45(37)8-2;2-1(3,4)5/h9-24,29H,7-8,25-26H2,1-6H3,(H,43,46);(H,2,3,4,5)/b27-17+,36-23+,42-38?;. The van der Waals surface area contributed by atoms with Crippen LogP contribution < -0.4 is 34.2 Å². The minimum atomic E-state index is -4.94. The smallest absolute Gasteiger partial charge is 0.228 e. The number of likely N-dealkylation sites (N-methyl/N-ethyl adjacent to an activating group) is 1. The van der Waals surface area contributed by atoms with Crippen molar-refractivity contribution in [3.05, 3.63) is 131 Å². The Labute approximate surface area is 302 Å². The van der Waals surface area contributed by atoms with Crippen LogP contribution >= 0.6 is 0 Å². The maximum absolute atomic E-state index is 13.8. The van der Waals surface area contributed by atoms with Gasteiger partial charge in [0, 0.05) is 64.0 Å². The predicted octanol–water partition coefficient (Wildman–Crippen LogP) is 4.24. The number of rotatable bonds is 5. The largest absolute Gasteiger partial charge is 0.355 e. The Balaban J connectivity index is 0.000000839. The number of nitrogens with zero attached hydrogens (tertiary/aromatic N) is 2. The highest BCUT2D eigenvalue weighted by molar-refractivity contribution is 6.03. The Hall–Kier alpha value is -4.51. The summed E-state index contributed by atoms with van der Waals surface area (Å²) < 4.78 is 36.4. The monoisotopic (exact) mass is 708 g/mol. The van der Waals surface area contributed by atoms with Gasteiger partial charge in [-0.05, 0) is 93.7 Å². The SMILES string of the molecule is CCN1/C(=C/C=C2\CC3CC(/C=C/C4=[N+](CC)c5ccccc5C4(C)C)=C2Nc2ccc(cc2)NC3=O)C(C)(C)c2ccccc21.[O-][Cl+3]([O-])([O-])[O-]. The zero-order valence-corrected chi connectivity index (χ0v) is 30.7. The lowest BCUT2D eigenvalue weighted by Crippen LogP contribution is -2.68. The molecule has 1 atom stereocenters. The molecule has 6 heterocycles. The molecule has 1 aliphatic carbocycles. The fraction of sp³-hybridized carbons (Fsp3) is 0.317. The molecule has 0 fully saturated rings. The summed E-state index contributed by atoms with van der Waals surface area (Å²) in [5, 5.41) is 7.00. The lowest BCUT2D eigenvalue weighted by molar-refractivity contribution is -2.00. The molecule has 7 aliphatic rings. The number of para-hydroxylation sites is 2. The minimum absolute atomic E-state index is 0.0679.